The average molecular weight is 218 g/mol. The molecule has 16 heavy (non-hydrogen) atoms. The van der Waals surface area contributed by atoms with Crippen LogP contribution in [0.1, 0.15) is 30.3 Å². The van der Waals surface area contributed by atoms with E-state index in [1.165, 1.54) is 0 Å². The third-order valence-corrected chi connectivity index (χ3v) is 2.40. The number of hydrogen-bond donors (Lipinski definition) is 2. The van der Waals surface area contributed by atoms with Gasteiger partial charge in [-0.2, -0.15) is 5.10 Å². The van der Waals surface area contributed by atoms with Crippen molar-refractivity contribution in [3.05, 3.63) is 24.2 Å². The van der Waals surface area contributed by atoms with E-state index in [4.69, 9.17) is 0 Å². The number of nitrogens with one attached hydrogen (secondary N) is 2. The number of nitrogens with zero attached hydrogens (tertiary/aromatic N) is 2. The van der Waals surface area contributed by atoms with E-state index in [9.17, 15) is 4.79 Å². The van der Waals surface area contributed by atoms with Crippen molar-refractivity contribution >= 4 is 16.8 Å². The number of H-pyrrole nitrogens is 1. The Morgan fingerprint density at radius 1 is 1.56 bits per heavy atom. The molecule has 0 bridgehead atoms. The second-order valence-corrected chi connectivity index (χ2v) is 3.60. The molecule has 1 amide bonds. The van der Waals surface area contributed by atoms with Crippen LogP contribution in [0.2, 0.25) is 0 Å². The van der Waals surface area contributed by atoms with Gasteiger partial charge in [-0.3, -0.25) is 14.9 Å². The van der Waals surface area contributed by atoms with E-state index in [-0.39, 0.29) is 5.91 Å². The van der Waals surface area contributed by atoms with Crippen LogP contribution >= 0.6 is 0 Å². The molecule has 0 unspecified atom stereocenters. The van der Waals surface area contributed by atoms with Crippen molar-refractivity contribution in [1.82, 2.24) is 20.5 Å². The SMILES string of the molecule is CCCCNC(=O)c1n[nH]c2ccncc12. The standard InChI is InChI=1S/C11H14N4O/c1-2-3-5-13-11(16)10-8-7-12-6-4-9(8)14-15-10/h4,6-7H,2-3,5H2,1H3,(H,13,16)(H,14,15). The maximum absolute atomic E-state index is 11.8. The van der Waals surface area contributed by atoms with Crippen LogP contribution in [0.3, 0.4) is 0 Å². The molecule has 0 fully saturated rings. The zero-order valence-electron chi connectivity index (χ0n) is 9.16. The number of unbranched alkanes of at least 4 members (excludes halogenated alkanes) is 1. The monoisotopic (exact) mass is 218 g/mol. The zero-order chi connectivity index (χ0) is 11.4. The highest BCUT2D eigenvalue weighted by Gasteiger charge is 2.12. The van der Waals surface area contributed by atoms with Crippen molar-refractivity contribution in [2.45, 2.75) is 19.8 Å². The molecule has 2 aromatic rings. The first kappa shape index (κ1) is 10.6. The third kappa shape index (κ3) is 2.03. The van der Waals surface area contributed by atoms with E-state index in [0.29, 0.717) is 12.2 Å². The van der Waals surface area contributed by atoms with Crippen LogP contribution in [0.15, 0.2) is 18.5 Å². The van der Waals surface area contributed by atoms with Crippen LogP contribution in [0.25, 0.3) is 10.9 Å². The van der Waals surface area contributed by atoms with Crippen LogP contribution < -0.4 is 5.32 Å². The fraction of sp³-hybridized carbons (Fsp3) is 0.364. The van der Waals surface area contributed by atoms with Gasteiger partial charge in [0.05, 0.1) is 10.9 Å². The molecule has 0 atom stereocenters. The lowest BCUT2D eigenvalue weighted by molar-refractivity contribution is 0.0949. The fourth-order valence-electron chi connectivity index (χ4n) is 1.49. The zero-order valence-corrected chi connectivity index (χ0v) is 9.16. The lowest BCUT2D eigenvalue weighted by Gasteiger charge is -2.01. The van der Waals surface area contributed by atoms with Crippen LogP contribution in [0.5, 0.6) is 0 Å². The van der Waals surface area contributed by atoms with E-state index in [1.807, 2.05) is 0 Å². The smallest absolute Gasteiger partial charge is 0.272 e. The van der Waals surface area contributed by atoms with Crippen LogP contribution in [-0.2, 0) is 0 Å². The molecule has 2 N–H and O–H groups in total. The van der Waals surface area contributed by atoms with E-state index >= 15 is 0 Å². The van der Waals surface area contributed by atoms with Gasteiger partial charge < -0.3 is 5.32 Å². The third-order valence-electron chi connectivity index (χ3n) is 2.40. The van der Waals surface area contributed by atoms with Gasteiger partial charge >= 0.3 is 0 Å². The van der Waals surface area contributed by atoms with Gasteiger partial charge in [-0.1, -0.05) is 13.3 Å². The minimum atomic E-state index is -0.146. The summed E-state index contributed by atoms with van der Waals surface area (Å²) in [7, 11) is 0. The van der Waals surface area contributed by atoms with Gasteiger partial charge in [-0.05, 0) is 12.5 Å². The lowest BCUT2D eigenvalue weighted by Crippen LogP contribution is -2.24. The van der Waals surface area contributed by atoms with Crippen molar-refractivity contribution in [2.75, 3.05) is 6.54 Å². The van der Waals surface area contributed by atoms with Gasteiger partial charge in [0.15, 0.2) is 5.69 Å². The molecule has 2 rings (SSSR count). The van der Waals surface area contributed by atoms with E-state index in [1.54, 1.807) is 18.5 Å². The Labute approximate surface area is 93.3 Å². The van der Waals surface area contributed by atoms with Gasteiger partial charge in [0.2, 0.25) is 0 Å². The lowest BCUT2D eigenvalue weighted by atomic mass is 10.2. The number of aromatic nitrogens is 3. The molecule has 0 saturated heterocycles. The van der Waals surface area contributed by atoms with Crippen LogP contribution in [-0.4, -0.2) is 27.6 Å². The highest BCUT2D eigenvalue weighted by Crippen LogP contribution is 2.13. The molecule has 2 aromatic heterocycles. The van der Waals surface area contributed by atoms with Gasteiger partial charge in [0.25, 0.3) is 5.91 Å². The molecule has 84 valence electrons. The van der Waals surface area contributed by atoms with Gasteiger partial charge in [0.1, 0.15) is 0 Å². The van der Waals surface area contributed by atoms with Crippen LogP contribution in [0, 0.1) is 0 Å². The largest absolute Gasteiger partial charge is 0.351 e. The first-order chi connectivity index (χ1) is 7.83. The fourth-order valence-corrected chi connectivity index (χ4v) is 1.49. The average Bonchev–Trinajstić information content (AvgIpc) is 2.73. The topological polar surface area (TPSA) is 70.7 Å². The van der Waals surface area contributed by atoms with Crippen molar-refractivity contribution in [3.8, 4) is 0 Å². The molecule has 5 nitrogen and oxygen atoms in total. The Kier molecular flexibility index (Phi) is 3.14. The normalized spacial score (nSPS) is 10.6. The summed E-state index contributed by atoms with van der Waals surface area (Å²) in [6.45, 7) is 2.77. The predicted molar refractivity (Wildman–Crippen MR) is 61.1 cm³/mol. The molecular weight excluding hydrogens is 204 g/mol. The molecule has 0 saturated carbocycles. The minimum absolute atomic E-state index is 0.146. The minimum Gasteiger partial charge on any atom is -0.351 e. The Bertz CT molecular complexity index is 491. The molecule has 2 heterocycles. The van der Waals surface area contributed by atoms with E-state index < -0.39 is 0 Å². The number of pyridine rings is 1. The number of amides is 1. The molecular formula is C11H14N4O. The summed E-state index contributed by atoms with van der Waals surface area (Å²) in [6, 6.07) is 1.80. The summed E-state index contributed by atoms with van der Waals surface area (Å²) >= 11 is 0. The van der Waals surface area contributed by atoms with Crippen molar-refractivity contribution in [1.29, 1.82) is 0 Å². The summed E-state index contributed by atoms with van der Waals surface area (Å²) in [5, 5.41) is 10.4. The first-order valence-corrected chi connectivity index (χ1v) is 5.39. The quantitative estimate of drug-likeness (QED) is 0.764. The Balaban J connectivity index is 2.17. The van der Waals surface area contributed by atoms with Crippen LogP contribution in [0.4, 0.5) is 0 Å². The first-order valence-electron chi connectivity index (χ1n) is 5.39. The number of carbonyl (C=O) groups is 1. The second-order valence-electron chi connectivity index (χ2n) is 3.60. The molecule has 0 spiro atoms. The summed E-state index contributed by atoms with van der Waals surface area (Å²) in [5.74, 6) is -0.146. The van der Waals surface area contributed by atoms with Crippen molar-refractivity contribution in [2.24, 2.45) is 0 Å². The highest BCUT2D eigenvalue weighted by molar-refractivity contribution is 6.04. The molecule has 0 aliphatic carbocycles. The number of hydrogen-bond acceptors (Lipinski definition) is 3. The van der Waals surface area contributed by atoms with E-state index in [0.717, 1.165) is 23.7 Å². The maximum atomic E-state index is 11.8. The Morgan fingerprint density at radius 3 is 3.25 bits per heavy atom. The highest BCUT2D eigenvalue weighted by atomic mass is 16.1. The van der Waals surface area contributed by atoms with Gasteiger partial charge in [0, 0.05) is 18.9 Å². The molecule has 0 aromatic carbocycles. The number of aromatic amines is 1. The van der Waals surface area contributed by atoms with Gasteiger partial charge in [-0.15, -0.1) is 0 Å². The number of carbonyl (C=O) groups excluding carboxylic acids is 1. The van der Waals surface area contributed by atoms with E-state index in [2.05, 4.69) is 27.4 Å². The summed E-state index contributed by atoms with van der Waals surface area (Å²) in [6.07, 6.45) is 5.35. The molecule has 0 aliphatic heterocycles. The van der Waals surface area contributed by atoms with Crippen molar-refractivity contribution in [3.63, 3.8) is 0 Å². The maximum Gasteiger partial charge on any atom is 0.272 e. The number of fused-ring (bicyclic) bond motifs is 1. The van der Waals surface area contributed by atoms with Gasteiger partial charge in [-0.25, -0.2) is 0 Å². The summed E-state index contributed by atoms with van der Waals surface area (Å²) < 4.78 is 0. The molecule has 5 heteroatoms. The Hall–Kier alpha value is -1.91. The second kappa shape index (κ2) is 4.74. The summed E-state index contributed by atoms with van der Waals surface area (Å²) in [5.41, 5.74) is 1.25. The molecule has 0 aliphatic rings. The Morgan fingerprint density at radius 2 is 2.44 bits per heavy atom. The van der Waals surface area contributed by atoms with Crippen molar-refractivity contribution < 1.29 is 4.79 Å². The predicted octanol–water partition coefficient (Wildman–Crippen LogP) is 1.49. The summed E-state index contributed by atoms with van der Waals surface area (Å²) in [4.78, 5) is 15.8. The molecule has 0 radical (unpaired) electrons. The number of rotatable bonds is 4.